The highest BCUT2D eigenvalue weighted by atomic mass is 14.7. The zero-order valence-corrected chi connectivity index (χ0v) is 8.09. The number of nitrogens with zero attached hydrogens (tertiary/aromatic N) is 1. The van der Waals surface area contributed by atoms with Crippen LogP contribution >= 0.6 is 0 Å². The highest BCUT2D eigenvalue weighted by Gasteiger charge is 1.99. The zero-order valence-electron chi connectivity index (χ0n) is 8.09. The number of unbranched alkanes of at least 4 members (excludes halogenated alkanes) is 2. The third kappa shape index (κ3) is 2.98. The molecule has 13 heavy (non-hydrogen) atoms. The number of aryl methyl sites for hydroxylation is 1. The average Bonchev–Trinajstić information content (AvgIpc) is 2.19. The molecular weight excluding hydrogens is 160 g/mol. The summed E-state index contributed by atoms with van der Waals surface area (Å²) in [5.41, 5.74) is 2.02. The predicted molar refractivity (Wildman–Crippen MR) is 55.4 cm³/mol. The van der Waals surface area contributed by atoms with Gasteiger partial charge in [-0.2, -0.15) is 0 Å². The van der Waals surface area contributed by atoms with Gasteiger partial charge in [0.15, 0.2) is 0 Å². The Balaban J connectivity index is 2.59. The summed E-state index contributed by atoms with van der Waals surface area (Å²) < 4.78 is 0. The summed E-state index contributed by atoms with van der Waals surface area (Å²) >= 11 is 0. The van der Waals surface area contributed by atoms with Crippen LogP contribution in [0.15, 0.2) is 18.3 Å². The molecule has 0 unspecified atom stereocenters. The maximum absolute atomic E-state index is 7.20. The van der Waals surface area contributed by atoms with Gasteiger partial charge < -0.3 is 5.41 Å². The third-order valence-electron chi connectivity index (χ3n) is 2.10. The number of aromatic nitrogens is 1. The number of hydrogen-bond donors (Lipinski definition) is 1. The molecule has 1 aromatic heterocycles. The number of pyridine rings is 1. The Labute approximate surface area is 79.5 Å². The Bertz CT molecular complexity index is 269. The van der Waals surface area contributed by atoms with Crippen LogP contribution in [0.1, 0.15) is 37.4 Å². The van der Waals surface area contributed by atoms with E-state index < -0.39 is 0 Å². The van der Waals surface area contributed by atoms with E-state index in [4.69, 9.17) is 5.41 Å². The van der Waals surface area contributed by atoms with Crippen LogP contribution in [0.25, 0.3) is 0 Å². The summed E-state index contributed by atoms with van der Waals surface area (Å²) in [5.74, 6) is 0. The molecular formula is C11H16N2. The molecule has 0 saturated heterocycles. The van der Waals surface area contributed by atoms with Gasteiger partial charge in [0.25, 0.3) is 0 Å². The van der Waals surface area contributed by atoms with Crippen LogP contribution in [0.4, 0.5) is 0 Å². The smallest absolute Gasteiger partial charge is 0.0491 e. The molecule has 2 heteroatoms. The van der Waals surface area contributed by atoms with Crippen molar-refractivity contribution in [3.05, 3.63) is 29.6 Å². The Hall–Kier alpha value is -1.18. The Morgan fingerprint density at radius 3 is 3.00 bits per heavy atom. The van der Waals surface area contributed by atoms with Gasteiger partial charge in [0.1, 0.15) is 0 Å². The normalized spacial score (nSPS) is 9.92. The van der Waals surface area contributed by atoms with Crippen LogP contribution in [0.2, 0.25) is 0 Å². The van der Waals surface area contributed by atoms with E-state index in [0.29, 0.717) is 0 Å². The molecule has 0 bridgehead atoms. The minimum atomic E-state index is 0.957. The van der Waals surface area contributed by atoms with Gasteiger partial charge >= 0.3 is 0 Å². The molecule has 0 atom stereocenters. The van der Waals surface area contributed by atoms with Gasteiger partial charge in [-0.05, 0) is 18.9 Å². The summed E-state index contributed by atoms with van der Waals surface area (Å²) in [7, 11) is 0. The summed E-state index contributed by atoms with van der Waals surface area (Å²) in [6.07, 6.45) is 7.83. The fourth-order valence-corrected chi connectivity index (χ4v) is 1.33. The lowest BCUT2D eigenvalue weighted by atomic mass is 10.1. The lowest BCUT2D eigenvalue weighted by Crippen LogP contribution is -1.96. The van der Waals surface area contributed by atoms with Gasteiger partial charge in [0.2, 0.25) is 0 Å². The molecule has 0 fully saturated rings. The Morgan fingerprint density at radius 2 is 2.31 bits per heavy atom. The van der Waals surface area contributed by atoms with Crippen molar-refractivity contribution in [2.24, 2.45) is 0 Å². The van der Waals surface area contributed by atoms with Gasteiger partial charge in [0.05, 0.1) is 0 Å². The van der Waals surface area contributed by atoms with E-state index >= 15 is 0 Å². The molecule has 1 heterocycles. The maximum Gasteiger partial charge on any atom is 0.0491 e. The second-order valence-corrected chi connectivity index (χ2v) is 3.14. The molecule has 70 valence electrons. The van der Waals surface area contributed by atoms with Gasteiger partial charge in [-0.3, -0.25) is 4.98 Å². The summed E-state index contributed by atoms with van der Waals surface area (Å²) in [5, 5.41) is 7.20. The van der Waals surface area contributed by atoms with Crippen LogP contribution in [-0.4, -0.2) is 11.2 Å². The van der Waals surface area contributed by atoms with Crippen molar-refractivity contribution >= 4 is 6.21 Å². The van der Waals surface area contributed by atoms with Crippen molar-refractivity contribution in [2.45, 2.75) is 32.6 Å². The molecule has 0 aliphatic rings. The summed E-state index contributed by atoms with van der Waals surface area (Å²) in [6.45, 7) is 2.19. The SMILES string of the molecule is CCCCCc1ncccc1C=N. The first-order valence-corrected chi connectivity index (χ1v) is 4.83. The van der Waals surface area contributed by atoms with E-state index in [1.165, 1.54) is 25.5 Å². The largest absolute Gasteiger partial charge is 0.308 e. The van der Waals surface area contributed by atoms with E-state index in [1.54, 1.807) is 6.20 Å². The standard InChI is InChI=1S/C11H16N2/c1-2-3-4-7-11-10(9-12)6-5-8-13-11/h5-6,8-9,12H,2-4,7H2,1H3. The summed E-state index contributed by atoms with van der Waals surface area (Å²) in [6, 6.07) is 3.82. The molecule has 1 aromatic rings. The third-order valence-corrected chi connectivity index (χ3v) is 2.10. The fourth-order valence-electron chi connectivity index (χ4n) is 1.33. The van der Waals surface area contributed by atoms with E-state index in [0.717, 1.165) is 17.7 Å². The first kappa shape index (κ1) is 9.90. The Morgan fingerprint density at radius 1 is 1.46 bits per heavy atom. The number of rotatable bonds is 5. The number of hydrogen-bond acceptors (Lipinski definition) is 2. The van der Waals surface area contributed by atoms with Crippen LogP contribution in [0, 0.1) is 5.41 Å². The van der Waals surface area contributed by atoms with Crippen LogP contribution in [0.3, 0.4) is 0 Å². The van der Waals surface area contributed by atoms with Crippen LogP contribution < -0.4 is 0 Å². The quantitative estimate of drug-likeness (QED) is 0.543. The molecule has 0 spiro atoms. The minimum Gasteiger partial charge on any atom is -0.308 e. The molecule has 0 aliphatic carbocycles. The summed E-state index contributed by atoms with van der Waals surface area (Å²) in [4.78, 5) is 4.27. The van der Waals surface area contributed by atoms with Crippen molar-refractivity contribution in [1.29, 1.82) is 5.41 Å². The van der Waals surface area contributed by atoms with Crippen molar-refractivity contribution < 1.29 is 0 Å². The van der Waals surface area contributed by atoms with Gasteiger partial charge in [0, 0.05) is 23.7 Å². The average molecular weight is 176 g/mol. The van der Waals surface area contributed by atoms with Crippen molar-refractivity contribution in [3.8, 4) is 0 Å². The lowest BCUT2D eigenvalue weighted by Gasteiger charge is -2.02. The molecule has 0 radical (unpaired) electrons. The topological polar surface area (TPSA) is 36.7 Å². The van der Waals surface area contributed by atoms with Crippen molar-refractivity contribution in [2.75, 3.05) is 0 Å². The van der Waals surface area contributed by atoms with Crippen molar-refractivity contribution in [3.63, 3.8) is 0 Å². The van der Waals surface area contributed by atoms with E-state index in [2.05, 4.69) is 11.9 Å². The second kappa shape index (κ2) is 5.46. The highest BCUT2D eigenvalue weighted by Crippen LogP contribution is 2.07. The lowest BCUT2D eigenvalue weighted by molar-refractivity contribution is 0.707. The minimum absolute atomic E-state index is 0.957. The van der Waals surface area contributed by atoms with Crippen molar-refractivity contribution in [1.82, 2.24) is 4.98 Å². The van der Waals surface area contributed by atoms with Gasteiger partial charge in [-0.1, -0.05) is 25.8 Å². The molecule has 0 aromatic carbocycles. The van der Waals surface area contributed by atoms with E-state index in [1.807, 2.05) is 12.1 Å². The zero-order chi connectivity index (χ0) is 9.52. The predicted octanol–water partition coefficient (Wildman–Crippen LogP) is 2.81. The first-order valence-electron chi connectivity index (χ1n) is 4.83. The molecule has 1 N–H and O–H groups in total. The van der Waals surface area contributed by atoms with Gasteiger partial charge in [-0.25, -0.2) is 0 Å². The second-order valence-electron chi connectivity index (χ2n) is 3.14. The highest BCUT2D eigenvalue weighted by molar-refractivity contribution is 5.78. The van der Waals surface area contributed by atoms with E-state index in [-0.39, 0.29) is 0 Å². The monoisotopic (exact) mass is 176 g/mol. The molecule has 2 nitrogen and oxygen atoms in total. The van der Waals surface area contributed by atoms with Gasteiger partial charge in [-0.15, -0.1) is 0 Å². The van der Waals surface area contributed by atoms with Crippen LogP contribution in [0.5, 0.6) is 0 Å². The maximum atomic E-state index is 7.20. The number of nitrogens with one attached hydrogen (secondary N) is 1. The Kier molecular flexibility index (Phi) is 4.16. The molecule has 0 amide bonds. The molecule has 1 rings (SSSR count). The van der Waals surface area contributed by atoms with E-state index in [9.17, 15) is 0 Å². The van der Waals surface area contributed by atoms with Crippen LogP contribution in [-0.2, 0) is 6.42 Å². The first-order chi connectivity index (χ1) is 6.38. The molecule has 0 saturated carbocycles. The fraction of sp³-hybridized carbons (Fsp3) is 0.455. The molecule has 0 aliphatic heterocycles.